The first-order valence-electron chi connectivity index (χ1n) is 6.30. The van der Waals surface area contributed by atoms with Gasteiger partial charge in [0.15, 0.2) is 0 Å². The Morgan fingerprint density at radius 3 is 2.35 bits per heavy atom. The van der Waals surface area contributed by atoms with Crippen LogP contribution < -0.4 is 10.5 Å². The fourth-order valence-electron chi connectivity index (χ4n) is 2.85. The molecule has 1 aliphatic carbocycles. The van der Waals surface area contributed by atoms with Crippen molar-refractivity contribution in [3.05, 3.63) is 27.8 Å². The lowest BCUT2D eigenvalue weighted by atomic mass is 9.59. The summed E-state index contributed by atoms with van der Waals surface area (Å²) in [5.74, 6) is 0.966. The van der Waals surface area contributed by atoms with E-state index in [4.69, 9.17) is 10.5 Å². The van der Waals surface area contributed by atoms with E-state index in [1.165, 1.54) is 3.57 Å². The quantitative estimate of drug-likeness (QED) is 0.847. The van der Waals surface area contributed by atoms with Crippen LogP contribution in [0.5, 0.6) is 5.75 Å². The maximum Gasteiger partial charge on any atom is 0.119 e. The van der Waals surface area contributed by atoms with Gasteiger partial charge < -0.3 is 10.5 Å². The number of nitrogens with two attached hydrogens (primary N) is 1. The second kappa shape index (κ2) is 5.14. The first-order chi connectivity index (χ1) is 8.12. The van der Waals surface area contributed by atoms with E-state index in [0.29, 0.717) is 6.04 Å². The Bertz CT molecular complexity index is 372. The summed E-state index contributed by atoms with van der Waals surface area (Å²) in [7, 11) is 0. The van der Waals surface area contributed by atoms with Crippen molar-refractivity contribution >= 4 is 22.6 Å². The summed E-state index contributed by atoms with van der Waals surface area (Å²) in [6.07, 6.45) is 3.46. The zero-order valence-corrected chi connectivity index (χ0v) is 12.6. The van der Waals surface area contributed by atoms with E-state index in [1.54, 1.807) is 0 Å². The molecule has 1 saturated carbocycles. The highest BCUT2D eigenvalue weighted by molar-refractivity contribution is 14.1. The first kappa shape index (κ1) is 13.1. The lowest BCUT2D eigenvalue weighted by molar-refractivity contribution is -0.0722. The molecule has 17 heavy (non-hydrogen) atoms. The van der Waals surface area contributed by atoms with Crippen LogP contribution in [0.1, 0.15) is 33.1 Å². The van der Waals surface area contributed by atoms with Gasteiger partial charge in [-0.2, -0.15) is 0 Å². The SMILES string of the molecule is CCC1(CC)C(N)CC1Oc1ccc(I)cc1. The summed E-state index contributed by atoms with van der Waals surface area (Å²) in [6, 6.07) is 8.54. The third kappa shape index (κ3) is 2.32. The number of rotatable bonds is 4. The van der Waals surface area contributed by atoms with Gasteiger partial charge in [0.1, 0.15) is 11.9 Å². The number of ether oxygens (including phenoxy) is 1. The summed E-state index contributed by atoms with van der Waals surface area (Å²) >= 11 is 2.30. The van der Waals surface area contributed by atoms with Crippen LogP contribution in [0.4, 0.5) is 0 Å². The van der Waals surface area contributed by atoms with Crippen molar-refractivity contribution < 1.29 is 4.74 Å². The van der Waals surface area contributed by atoms with Gasteiger partial charge in [-0.1, -0.05) is 13.8 Å². The molecular weight excluding hydrogens is 325 g/mol. The van der Waals surface area contributed by atoms with Gasteiger partial charge in [0.25, 0.3) is 0 Å². The summed E-state index contributed by atoms with van der Waals surface area (Å²) in [4.78, 5) is 0. The predicted molar refractivity (Wildman–Crippen MR) is 79.2 cm³/mol. The highest BCUT2D eigenvalue weighted by atomic mass is 127. The predicted octanol–water partition coefficient (Wildman–Crippen LogP) is 3.58. The van der Waals surface area contributed by atoms with Crippen LogP contribution in [-0.4, -0.2) is 12.1 Å². The molecule has 0 amide bonds. The highest BCUT2D eigenvalue weighted by Gasteiger charge is 2.52. The number of hydrogen-bond donors (Lipinski definition) is 1. The molecule has 3 heteroatoms. The van der Waals surface area contributed by atoms with Crippen molar-refractivity contribution in [1.29, 1.82) is 0 Å². The van der Waals surface area contributed by atoms with Gasteiger partial charge in [0.05, 0.1) is 0 Å². The Labute approximate surface area is 117 Å². The monoisotopic (exact) mass is 345 g/mol. The lowest BCUT2D eigenvalue weighted by Gasteiger charge is -2.53. The standard InChI is InChI=1S/C14H20INO/c1-3-14(4-2)12(16)9-13(14)17-11-7-5-10(15)6-8-11/h5-8,12-13H,3-4,9,16H2,1-2H3. The van der Waals surface area contributed by atoms with E-state index >= 15 is 0 Å². The van der Waals surface area contributed by atoms with E-state index in [1.807, 2.05) is 12.1 Å². The van der Waals surface area contributed by atoms with E-state index in [-0.39, 0.29) is 11.5 Å². The Balaban J connectivity index is 2.07. The fraction of sp³-hybridized carbons (Fsp3) is 0.571. The molecule has 1 aromatic carbocycles. The molecule has 1 aliphatic rings. The minimum Gasteiger partial charge on any atom is -0.490 e. The van der Waals surface area contributed by atoms with Crippen molar-refractivity contribution in [2.75, 3.05) is 0 Å². The van der Waals surface area contributed by atoms with Crippen LogP contribution in [0.25, 0.3) is 0 Å². The maximum absolute atomic E-state index is 6.17. The molecule has 2 rings (SSSR count). The molecule has 94 valence electrons. The Morgan fingerprint density at radius 2 is 1.88 bits per heavy atom. The van der Waals surface area contributed by atoms with Crippen molar-refractivity contribution in [3.63, 3.8) is 0 Å². The Kier molecular flexibility index (Phi) is 3.98. The third-order valence-electron chi connectivity index (χ3n) is 4.26. The average molecular weight is 345 g/mol. The second-order valence-corrected chi connectivity index (χ2v) is 6.09. The molecule has 2 N–H and O–H groups in total. The van der Waals surface area contributed by atoms with Crippen molar-refractivity contribution in [2.24, 2.45) is 11.1 Å². The molecule has 1 fully saturated rings. The van der Waals surface area contributed by atoms with Gasteiger partial charge in [-0.25, -0.2) is 0 Å². The largest absolute Gasteiger partial charge is 0.490 e. The Morgan fingerprint density at radius 1 is 1.29 bits per heavy atom. The number of hydrogen-bond acceptors (Lipinski definition) is 2. The minimum absolute atomic E-state index is 0.184. The van der Waals surface area contributed by atoms with Gasteiger partial charge in [0, 0.05) is 21.4 Å². The maximum atomic E-state index is 6.17. The molecule has 0 aromatic heterocycles. The molecule has 0 bridgehead atoms. The normalized spacial score (nSPS) is 26.4. The first-order valence-corrected chi connectivity index (χ1v) is 7.38. The number of benzene rings is 1. The van der Waals surface area contributed by atoms with Gasteiger partial charge >= 0.3 is 0 Å². The molecule has 1 aromatic rings. The van der Waals surface area contributed by atoms with Gasteiger partial charge in [0.2, 0.25) is 0 Å². The molecule has 2 atom stereocenters. The summed E-state index contributed by atoms with van der Waals surface area (Å²) < 4.78 is 7.32. The van der Waals surface area contributed by atoms with Crippen molar-refractivity contribution in [2.45, 2.75) is 45.3 Å². The minimum atomic E-state index is 0.184. The van der Waals surface area contributed by atoms with Gasteiger partial charge in [-0.3, -0.25) is 0 Å². The van der Waals surface area contributed by atoms with Crippen LogP contribution in [0.3, 0.4) is 0 Å². The number of halogens is 1. The van der Waals surface area contributed by atoms with Crippen LogP contribution in [0.2, 0.25) is 0 Å². The molecule has 0 spiro atoms. The fourth-order valence-corrected chi connectivity index (χ4v) is 3.21. The molecule has 0 aliphatic heterocycles. The molecule has 2 nitrogen and oxygen atoms in total. The molecule has 0 heterocycles. The van der Waals surface area contributed by atoms with Crippen molar-refractivity contribution in [1.82, 2.24) is 0 Å². The Hall–Kier alpha value is -0.290. The molecular formula is C14H20INO. The van der Waals surface area contributed by atoms with Gasteiger partial charge in [-0.05, 0) is 59.7 Å². The summed E-state index contributed by atoms with van der Waals surface area (Å²) in [6.45, 7) is 4.43. The van der Waals surface area contributed by atoms with Crippen LogP contribution in [-0.2, 0) is 0 Å². The molecule has 0 saturated heterocycles. The highest BCUT2D eigenvalue weighted by Crippen LogP contribution is 2.47. The zero-order chi connectivity index (χ0) is 12.5. The lowest BCUT2D eigenvalue weighted by Crippen LogP contribution is -2.62. The summed E-state index contributed by atoms with van der Waals surface area (Å²) in [5, 5.41) is 0. The third-order valence-corrected chi connectivity index (χ3v) is 4.98. The van der Waals surface area contributed by atoms with E-state index in [0.717, 1.165) is 25.0 Å². The topological polar surface area (TPSA) is 35.2 Å². The zero-order valence-electron chi connectivity index (χ0n) is 10.4. The van der Waals surface area contributed by atoms with Gasteiger partial charge in [-0.15, -0.1) is 0 Å². The summed E-state index contributed by atoms with van der Waals surface area (Å²) in [5.41, 5.74) is 6.35. The van der Waals surface area contributed by atoms with Crippen LogP contribution >= 0.6 is 22.6 Å². The molecule has 0 radical (unpaired) electrons. The van der Waals surface area contributed by atoms with E-state index < -0.39 is 0 Å². The smallest absolute Gasteiger partial charge is 0.119 e. The second-order valence-electron chi connectivity index (χ2n) is 4.84. The van der Waals surface area contributed by atoms with Crippen molar-refractivity contribution in [3.8, 4) is 5.75 Å². The van der Waals surface area contributed by atoms with E-state index in [2.05, 4.69) is 48.6 Å². The molecule has 2 unspecified atom stereocenters. The van der Waals surface area contributed by atoms with Crippen LogP contribution in [0.15, 0.2) is 24.3 Å². The average Bonchev–Trinajstić information content (AvgIpc) is 2.33. The van der Waals surface area contributed by atoms with Crippen LogP contribution in [0, 0.1) is 8.99 Å². The van der Waals surface area contributed by atoms with E-state index in [9.17, 15) is 0 Å².